The number of halogens is 3. The standard InChI is InChI=1S/C35H43F3N4O7/c1-34(2)15-29-31(30(45)16-34)32(35(36,37)38)40-42(29)22-7-10-27(33(39)46)28(13-22)41(17-20-11-25(47-3)14-26(12-20)48-4)21-5-8-24(9-6-21)49-19-23(44)18-43/h7,10-14,21,23-24,43-44H,5-6,8-9,15-19H2,1-4H3,(H2,39,46)/t21-,23?,24-. The van der Waals surface area contributed by atoms with Gasteiger partial charge < -0.3 is 35.1 Å². The number of methoxy groups -OCH3 is 2. The third-order valence-corrected chi connectivity index (χ3v) is 9.20. The summed E-state index contributed by atoms with van der Waals surface area (Å²) in [6.07, 6.45) is -3.39. The molecule has 0 saturated heterocycles. The molecule has 14 heteroatoms. The van der Waals surface area contributed by atoms with Crippen molar-refractivity contribution in [3.8, 4) is 17.2 Å². The number of anilines is 1. The number of aliphatic hydroxyl groups is 2. The van der Waals surface area contributed by atoms with Crippen molar-refractivity contribution in [3.05, 3.63) is 64.5 Å². The van der Waals surface area contributed by atoms with E-state index >= 15 is 0 Å². The molecule has 0 radical (unpaired) electrons. The van der Waals surface area contributed by atoms with Gasteiger partial charge in [0.15, 0.2) is 11.5 Å². The molecule has 0 bridgehead atoms. The molecule has 1 saturated carbocycles. The summed E-state index contributed by atoms with van der Waals surface area (Å²) in [5.41, 5.74) is 5.42. The molecule has 1 amide bonds. The summed E-state index contributed by atoms with van der Waals surface area (Å²) in [5, 5.41) is 22.9. The highest BCUT2D eigenvalue weighted by molar-refractivity contribution is 6.01. The Hall–Kier alpha value is -4.14. The lowest BCUT2D eigenvalue weighted by atomic mass is 9.75. The third-order valence-electron chi connectivity index (χ3n) is 9.20. The fourth-order valence-electron chi connectivity index (χ4n) is 6.85. The van der Waals surface area contributed by atoms with E-state index in [2.05, 4.69) is 5.10 Å². The second-order valence-corrected chi connectivity index (χ2v) is 13.5. The molecule has 1 fully saturated rings. The number of alkyl halides is 3. The van der Waals surface area contributed by atoms with Crippen molar-refractivity contribution in [2.24, 2.45) is 11.1 Å². The number of hydrogen-bond donors (Lipinski definition) is 3. The monoisotopic (exact) mass is 688 g/mol. The molecule has 49 heavy (non-hydrogen) atoms. The van der Waals surface area contributed by atoms with Gasteiger partial charge >= 0.3 is 6.18 Å². The molecular weight excluding hydrogens is 645 g/mol. The van der Waals surface area contributed by atoms with E-state index < -0.39 is 47.2 Å². The molecule has 1 aromatic heterocycles. The zero-order valence-electron chi connectivity index (χ0n) is 28.0. The van der Waals surface area contributed by atoms with Crippen LogP contribution in [-0.4, -0.2) is 77.4 Å². The number of aliphatic hydroxyl groups excluding tert-OH is 2. The minimum absolute atomic E-state index is 0.000432. The summed E-state index contributed by atoms with van der Waals surface area (Å²) < 4.78 is 60.7. The molecular formula is C35H43F3N4O7. The molecule has 266 valence electrons. The summed E-state index contributed by atoms with van der Waals surface area (Å²) in [5.74, 6) is -0.238. The number of ketones is 1. The van der Waals surface area contributed by atoms with Gasteiger partial charge in [-0.05, 0) is 73.4 Å². The van der Waals surface area contributed by atoms with E-state index in [1.807, 2.05) is 30.9 Å². The molecule has 3 aromatic rings. The molecule has 0 aliphatic heterocycles. The van der Waals surface area contributed by atoms with E-state index in [1.165, 1.54) is 31.0 Å². The van der Waals surface area contributed by atoms with Gasteiger partial charge in [-0.15, -0.1) is 0 Å². The maximum atomic E-state index is 14.3. The van der Waals surface area contributed by atoms with Crippen LogP contribution in [0, 0.1) is 5.41 Å². The van der Waals surface area contributed by atoms with E-state index in [-0.39, 0.29) is 55.1 Å². The van der Waals surface area contributed by atoms with E-state index in [0.717, 1.165) is 5.56 Å². The molecule has 2 aliphatic rings. The Morgan fingerprint density at radius 3 is 2.31 bits per heavy atom. The number of primary amides is 1. The van der Waals surface area contributed by atoms with Crippen LogP contribution in [0.5, 0.6) is 11.5 Å². The first kappa shape index (κ1) is 36.1. The summed E-state index contributed by atoms with van der Waals surface area (Å²) >= 11 is 0. The lowest BCUT2D eigenvalue weighted by Gasteiger charge is -2.39. The first-order chi connectivity index (χ1) is 23.1. The Morgan fingerprint density at radius 1 is 1.08 bits per heavy atom. The van der Waals surface area contributed by atoms with E-state index in [0.29, 0.717) is 42.9 Å². The van der Waals surface area contributed by atoms with Crippen LogP contribution in [0.25, 0.3) is 5.69 Å². The smallest absolute Gasteiger partial charge is 0.435 e. The average molecular weight is 689 g/mol. The van der Waals surface area contributed by atoms with Gasteiger partial charge in [0.2, 0.25) is 0 Å². The van der Waals surface area contributed by atoms with Crippen molar-refractivity contribution in [3.63, 3.8) is 0 Å². The van der Waals surface area contributed by atoms with Gasteiger partial charge in [-0.25, -0.2) is 4.68 Å². The predicted octanol–water partition coefficient (Wildman–Crippen LogP) is 4.85. The number of fused-ring (bicyclic) bond motifs is 1. The highest BCUT2D eigenvalue weighted by atomic mass is 19.4. The number of benzene rings is 2. The molecule has 2 aliphatic carbocycles. The van der Waals surface area contributed by atoms with Gasteiger partial charge in [-0.1, -0.05) is 13.8 Å². The molecule has 5 rings (SSSR count). The van der Waals surface area contributed by atoms with Gasteiger partial charge in [0.1, 0.15) is 17.6 Å². The van der Waals surface area contributed by atoms with Crippen molar-refractivity contribution in [1.29, 1.82) is 0 Å². The quantitative estimate of drug-likeness (QED) is 0.243. The van der Waals surface area contributed by atoms with Crippen LogP contribution in [0.15, 0.2) is 36.4 Å². The van der Waals surface area contributed by atoms with Gasteiger partial charge in [-0.2, -0.15) is 18.3 Å². The molecule has 2 aromatic carbocycles. The number of carbonyl (C=O) groups excluding carboxylic acids is 2. The maximum Gasteiger partial charge on any atom is 0.435 e. The highest BCUT2D eigenvalue weighted by Crippen LogP contribution is 2.43. The van der Waals surface area contributed by atoms with Gasteiger partial charge in [0, 0.05) is 25.1 Å². The number of aromatic nitrogens is 2. The van der Waals surface area contributed by atoms with Crippen LogP contribution < -0.4 is 20.1 Å². The van der Waals surface area contributed by atoms with Gasteiger partial charge in [-0.3, -0.25) is 9.59 Å². The molecule has 1 heterocycles. The fourth-order valence-corrected chi connectivity index (χ4v) is 6.85. The molecule has 4 N–H and O–H groups in total. The predicted molar refractivity (Wildman–Crippen MR) is 174 cm³/mol. The van der Waals surface area contributed by atoms with E-state index in [9.17, 15) is 27.9 Å². The number of nitrogens with zero attached hydrogens (tertiary/aromatic N) is 3. The Labute approximate surface area is 282 Å². The fraction of sp³-hybridized carbons (Fsp3) is 0.514. The zero-order valence-corrected chi connectivity index (χ0v) is 28.0. The first-order valence-corrected chi connectivity index (χ1v) is 16.2. The first-order valence-electron chi connectivity index (χ1n) is 16.2. The lowest BCUT2D eigenvalue weighted by molar-refractivity contribution is -0.141. The van der Waals surface area contributed by atoms with Gasteiger partial charge in [0.05, 0.1) is 61.7 Å². The Balaban J connectivity index is 1.62. The van der Waals surface area contributed by atoms with Crippen LogP contribution in [0.2, 0.25) is 0 Å². The SMILES string of the molecule is COc1cc(CN(c2cc(-n3nc(C(F)(F)F)c4c3CC(C)(C)CC4=O)ccc2C(N)=O)[C@H]2CC[C@H](OCC(O)CO)CC2)cc(OC)c1. The number of amides is 1. The maximum absolute atomic E-state index is 14.3. The number of ether oxygens (including phenoxy) is 3. The number of nitrogens with two attached hydrogens (primary N) is 1. The second-order valence-electron chi connectivity index (χ2n) is 13.5. The Morgan fingerprint density at radius 2 is 1.73 bits per heavy atom. The largest absolute Gasteiger partial charge is 0.497 e. The van der Waals surface area contributed by atoms with Crippen LogP contribution in [0.3, 0.4) is 0 Å². The van der Waals surface area contributed by atoms with Crippen LogP contribution in [0.1, 0.15) is 83.6 Å². The van der Waals surface area contributed by atoms with Crippen molar-refractivity contribution >= 4 is 17.4 Å². The average Bonchev–Trinajstić information content (AvgIpc) is 3.45. The van der Waals surface area contributed by atoms with Gasteiger partial charge in [0.25, 0.3) is 5.91 Å². The van der Waals surface area contributed by atoms with Crippen LogP contribution in [0.4, 0.5) is 18.9 Å². The van der Waals surface area contributed by atoms with E-state index in [1.54, 1.807) is 12.1 Å². The zero-order chi connectivity index (χ0) is 35.7. The second kappa shape index (κ2) is 14.4. The Bertz CT molecular complexity index is 1660. The minimum Gasteiger partial charge on any atom is -0.497 e. The summed E-state index contributed by atoms with van der Waals surface area (Å²) in [7, 11) is 3.07. The molecule has 0 spiro atoms. The lowest BCUT2D eigenvalue weighted by Crippen LogP contribution is -2.41. The minimum atomic E-state index is -4.85. The van der Waals surface area contributed by atoms with Crippen molar-refractivity contribution < 1.29 is 47.2 Å². The third kappa shape index (κ3) is 8.03. The summed E-state index contributed by atoms with van der Waals surface area (Å²) in [6, 6.07) is 9.82. The number of hydrogen-bond acceptors (Lipinski definition) is 9. The van der Waals surface area contributed by atoms with Crippen molar-refractivity contribution in [1.82, 2.24) is 9.78 Å². The highest BCUT2D eigenvalue weighted by Gasteiger charge is 2.45. The molecule has 1 unspecified atom stereocenters. The summed E-state index contributed by atoms with van der Waals surface area (Å²) in [6.45, 7) is 3.51. The van der Waals surface area contributed by atoms with Crippen molar-refractivity contribution in [2.45, 2.75) is 83.3 Å². The van der Waals surface area contributed by atoms with E-state index in [4.69, 9.17) is 25.1 Å². The summed E-state index contributed by atoms with van der Waals surface area (Å²) in [4.78, 5) is 28.0. The normalized spacial score (nSPS) is 19.7. The van der Waals surface area contributed by atoms with Crippen LogP contribution >= 0.6 is 0 Å². The number of rotatable bonds is 12. The van der Waals surface area contributed by atoms with Crippen LogP contribution in [-0.2, 0) is 23.9 Å². The van der Waals surface area contributed by atoms with Crippen molar-refractivity contribution in [2.75, 3.05) is 32.3 Å². The molecule has 11 nitrogen and oxygen atoms in total. The number of carbonyl (C=O) groups is 2. The number of Topliss-reactive ketones (excluding diaryl/α,β-unsaturated/α-hetero) is 1. The Kier molecular flexibility index (Phi) is 10.6. The topological polar surface area (TPSA) is 149 Å². The molecule has 1 atom stereocenters.